The lowest BCUT2D eigenvalue weighted by molar-refractivity contribution is 0.407. The molecule has 0 unspecified atom stereocenters. The molecule has 0 atom stereocenters. The Morgan fingerprint density at radius 1 is 1.16 bits per heavy atom. The van der Waals surface area contributed by atoms with E-state index in [1.807, 2.05) is 0 Å². The summed E-state index contributed by atoms with van der Waals surface area (Å²) in [5.41, 5.74) is 0.781. The van der Waals surface area contributed by atoms with Crippen molar-refractivity contribution in [2.24, 2.45) is 0 Å². The zero-order valence-electron chi connectivity index (χ0n) is 9.19. The third-order valence-electron chi connectivity index (χ3n) is 2.35. The lowest BCUT2D eigenvalue weighted by Crippen LogP contribution is -1.95. The van der Waals surface area contributed by atoms with E-state index >= 15 is 0 Å². The SMILES string of the molecule is Fc1cc(Br)cc(Oc2ncnc3nc[nH]c23)c1F. The molecular weight excluding hydrogens is 322 g/mol. The average molecular weight is 327 g/mol. The molecule has 2 aromatic heterocycles. The molecule has 3 aromatic rings. The minimum absolute atomic E-state index is 0.0684. The fourth-order valence-corrected chi connectivity index (χ4v) is 1.94. The van der Waals surface area contributed by atoms with Crippen LogP contribution in [0.15, 0.2) is 29.3 Å². The van der Waals surface area contributed by atoms with E-state index in [-0.39, 0.29) is 11.6 Å². The van der Waals surface area contributed by atoms with Crippen LogP contribution in [0.1, 0.15) is 0 Å². The molecule has 2 heterocycles. The summed E-state index contributed by atoms with van der Waals surface area (Å²) in [5.74, 6) is -2.31. The topological polar surface area (TPSA) is 63.7 Å². The lowest BCUT2D eigenvalue weighted by atomic mass is 10.3. The van der Waals surface area contributed by atoms with Gasteiger partial charge in [0.25, 0.3) is 0 Å². The predicted octanol–water partition coefficient (Wildman–Crippen LogP) is 3.19. The summed E-state index contributed by atoms with van der Waals surface area (Å²) in [4.78, 5) is 14.4. The Kier molecular flexibility index (Phi) is 2.86. The first-order valence-electron chi connectivity index (χ1n) is 5.11. The number of aromatic nitrogens is 4. The van der Waals surface area contributed by atoms with Crippen molar-refractivity contribution in [1.29, 1.82) is 0 Å². The maximum absolute atomic E-state index is 13.6. The molecule has 0 radical (unpaired) electrons. The van der Waals surface area contributed by atoms with E-state index in [4.69, 9.17) is 4.74 Å². The summed E-state index contributed by atoms with van der Waals surface area (Å²) in [7, 11) is 0. The number of hydrogen-bond donors (Lipinski definition) is 1. The molecule has 0 aliphatic rings. The maximum atomic E-state index is 13.6. The number of halogens is 3. The molecule has 0 saturated heterocycles. The van der Waals surface area contributed by atoms with Gasteiger partial charge in [-0.05, 0) is 12.1 Å². The molecule has 0 spiro atoms. The first-order valence-corrected chi connectivity index (χ1v) is 5.91. The van der Waals surface area contributed by atoms with Crippen molar-refractivity contribution < 1.29 is 13.5 Å². The van der Waals surface area contributed by atoms with Crippen LogP contribution in [0.5, 0.6) is 11.6 Å². The first-order chi connectivity index (χ1) is 9.15. The van der Waals surface area contributed by atoms with Crippen LogP contribution in [0.4, 0.5) is 8.78 Å². The Morgan fingerprint density at radius 3 is 2.84 bits per heavy atom. The van der Waals surface area contributed by atoms with E-state index in [1.165, 1.54) is 18.7 Å². The monoisotopic (exact) mass is 326 g/mol. The van der Waals surface area contributed by atoms with Crippen molar-refractivity contribution in [3.63, 3.8) is 0 Å². The summed E-state index contributed by atoms with van der Waals surface area (Å²) in [6, 6.07) is 2.32. The summed E-state index contributed by atoms with van der Waals surface area (Å²) < 4.78 is 32.5. The largest absolute Gasteiger partial charge is 0.434 e. The molecule has 19 heavy (non-hydrogen) atoms. The maximum Gasteiger partial charge on any atom is 0.248 e. The van der Waals surface area contributed by atoms with E-state index in [0.717, 1.165) is 6.07 Å². The predicted molar refractivity (Wildman–Crippen MR) is 65.8 cm³/mol. The summed E-state index contributed by atoms with van der Waals surface area (Å²) in [5, 5.41) is 0. The Balaban J connectivity index is 2.08. The smallest absolute Gasteiger partial charge is 0.248 e. The molecule has 0 saturated carbocycles. The fourth-order valence-electron chi connectivity index (χ4n) is 1.53. The molecule has 1 aromatic carbocycles. The van der Waals surface area contributed by atoms with Gasteiger partial charge < -0.3 is 9.72 Å². The van der Waals surface area contributed by atoms with Gasteiger partial charge in [0.05, 0.1) is 6.33 Å². The lowest BCUT2D eigenvalue weighted by Gasteiger charge is -2.07. The second-order valence-corrected chi connectivity index (χ2v) is 4.50. The van der Waals surface area contributed by atoms with Gasteiger partial charge in [-0.25, -0.2) is 14.4 Å². The molecule has 0 fully saturated rings. The van der Waals surface area contributed by atoms with E-state index < -0.39 is 11.6 Å². The van der Waals surface area contributed by atoms with Gasteiger partial charge >= 0.3 is 0 Å². The zero-order chi connectivity index (χ0) is 13.4. The van der Waals surface area contributed by atoms with Crippen LogP contribution in [0, 0.1) is 11.6 Å². The molecule has 0 amide bonds. The van der Waals surface area contributed by atoms with E-state index in [9.17, 15) is 8.78 Å². The van der Waals surface area contributed by atoms with Crippen molar-refractivity contribution in [3.8, 4) is 11.6 Å². The number of fused-ring (bicyclic) bond motifs is 1. The van der Waals surface area contributed by atoms with E-state index in [1.54, 1.807) is 0 Å². The number of aromatic amines is 1. The number of H-pyrrole nitrogens is 1. The highest BCUT2D eigenvalue weighted by molar-refractivity contribution is 9.10. The normalized spacial score (nSPS) is 10.9. The van der Waals surface area contributed by atoms with Crippen LogP contribution < -0.4 is 4.74 Å². The number of hydrogen-bond acceptors (Lipinski definition) is 4. The number of nitrogens with one attached hydrogen (secondary N) is 1. The number of ether oxygens (including phenoxy) is 1. The van der Waals surface area contributed by atoms with Crippen molar-refractivity contribution in [1.82, 2.24) is 19.9 Å². The highest BCUT2D eigenvalue weighted by Crippen LogP contribution is 2.30. The second-order valence-electron chi connectivity index (χ2n) is 3.58. The molecular formula is C11H5BrF2N4O. The van der Waals surface area contributed by atoms with Gasteiger partial charge in [-0.1, -0.05) is 15.9 Å². The molecule has 1 N–H and O–H groups in total. The Labute approximate surface area is 113 Å². The van der Waals surface area contributed by atoms with Crippen LogP contribution in [-0.4, -0.2) is 19.9 Å². The second kappa shape index (κ2) is 4.54. The fraction of sp³-hybridized carbons (Fsp3) is 0. The highest BCUT2D eigenvalue weighted by atomic mass is 79.9. The zero-order valence-corrected chi connectivity index (χ0v) is 10.8. The molecule has 3 rings (SSSR count). The van der Waals surface area contributed by atoms with Gasteiger partial charge in [0, 0.05) is 4.47 Å². The minimum atomic E-state index is -1.09. The van der Waals surface area contributed by atoms with Gasteiger partial charge in [0.2, 0.25) is 11.7 Å². The standard InChI is InChI=1S/C11H5BrF2N4O/c12-5-1-6(13)8(14)7(2-5)19-11-9-10(16-3-15-9)17-4-18-11/h1-4H,(H,15,16,17,18). The van der Waals surface area contributed by atoms with Crippen molar-refractivity contribution >= 4 is 27.1 Å². The average Bonchev–Trinajstić information content (AvgIpc) is 2.84. The van der Waals surface area contributed by atoms with Crippen molar-refractivity contribution in [3.05, 3.63) is 40.9 Å². The number of nitrogens with zero attached hydrogens (tertiary/aromatic N) is 3. The number of benzene rings is 1. The third-order valence-corrected chi connectivity index (χ3v) is 2.81. The van der Waals surface area contributed by atoms with E-state index in [0.29, 0.717) is 15.6 Å². The summed E-state index contributed by atoms with van der Waals surface area (Å²) in [6.07, 6.45) is 2.63. The van der Waals surface area contributed by atoms with Gasteiger partial charge in [0.1, 0.15) is 11.8 Å². The van der Waals surface area contributed by atoms with Crippen LogP contribution in [0.2, 0.25) is 0 Å². The van der Waals surface area contributed by atoms with Crippen molar-refractivity contribution in [2.75, 3.05) is 0 Å². The number of rotatable bonds is 2. The molecule has 0 aliphatic heterocycles. The molecule has 8 heteroatoms. The van der Waals surface area contributed by atoms with E-state index in [2.05, 4.69) is 35.9 Å². The highest BCUT2D eigenvalue weighted by Gasteiger charge is 2.15. The molecule has 5 nitrogen and oxygen atoms in total. The Morgan fingerprint density at radius 2 is 2.00 bits per heavy atom. The quantitative estimate of drug-likeness (QED) is 0.734. The van der Waals surface area contributed by atoms with Gasteiger partial charge in [-0.2, -0.15) is 9.37 Å². The molecule has 0 aliphatic carbocycles. The minimum Gasteiger partial charge on any atom is -0.434 e. The van der Waals surface area contributed by atoms with Gasteiger partial charge in [-0.15, -0.1) is 0 Å². The van der Waals surface area contributed by atoms with Crippen LogP contribution >= 0.6 is 15.9 Å². The van der Waals surface area contributed by atoms with Crippen LogP contribution in [0.25, 0.3) is 11.2 Å². The molecule has 0 bridgehead atoms. The molecule has 96 valence electrons. The van der Waals surface area contributed by atoms with Crippen molar-refractivity contribution in [2.45, 2.75) is 0 Å². The third kappa shape index (κ3) is 2.14. The van der Waals surface area contributed by atoms with Crippen LogP contribution in [0.3, 0.4) is 0 Å². The van der Waals surface area contributed by atoms with Gasteiger partial charge in [-0.3, -0.25) is 0 Å². The Hall–Kier alpha value is -2.09. The first kappa shape index (κ1) is 12.0. The summed E-state index contributed by atoms with van der Waals surface area (Å²) >= 11 is 3.06. The Bertz CT molecular complexity index is 762. The van der Waals surface area contributed by atoms with Gasteiger partial charge in [0.15, 0.2) is 17.2 Å². The number of imidazole rings is 1. The summed E-state index contributed by atoms with van der Waals surface area (Å²) in [6.45, 7) is 0. The van der Waals surface area contributed by atoms with Crippen LogP contribution in [-0.2, 0) is 0 Å².